The minimum Gasteiger partial charge on any atom is -0.356 e. The Balaban J connectivity index is 0.00000264. The van der Waals surface area contributed by atoms with E-state index in [0.29, 0.717) is 6.04 Å². The zero-order valence-electron chi connectivity index (χ0n) is 14.1. The lowest BCUT2D eigenvalue weighted by atomic mass is 10.2. The molecule has 6 heteroatoms. The molecule has 1 fully saturated rings. The summed E-state index contributed by atoms with van der Waals surface area (Å²) in [5.74, 6) is 2.02. The highest BCUT2D eigenvalue weighted by molar-refractivity contribution is 14.0. The zero-order valence-corrected chi connectivity index (χ0v) is 17.3. The number of hydrogen-bond donors (Lipinski definition) is 2. The summed E-state index contributed by atoms with van der Waals surface area (Å²) in [4.78, 5) is 6.88. The first kappa shape index (κ1) is 20.6. The summed E-state index contributed by atoms with van der Waals surface area (Å²) in [6, 6.07) is 11.3. The van der Waals surface area contributed by atoms with Crippen LogP contribution in [-0.2, 0) is 6.54 Å². The summed E-state index contributed by atoms with van der Waals surface area (Å²) in [6.45, 7) is 4.16. The van der Waals surface area contributed by atoms with E-state index in [1.165, 1.54) is 24.9 Å². The van der Waals surface area contributed by atoms with E-state index in [-0.39, 0.29) is 24.0 Å². The van der Waals surface area contributed by atoms with Crippen molar-refractivity contribution in [1.82, 2.24) is 15.5 Å². The van der Waals surface area contributed by atoms with Crippen LogP contribution in [0.25, 0.3) is 0 Å². The molecule has 0 aromatic heterocycles. The monoisotopic (exact) mass is 448 g/mol. The largest absolute Gasteiger partial charge is 0.356 e. The van der Waals surface area contributed by atoms with Gasteiger partial charge in [0.25, 0.3) is 0 Å². The van der Waals surface area contributed by atoms with Crippen LogP contribution in [0.2, 0.25) is 0 Å². The number of aliphatic imine (C=N–C) groups is 1. The van der Waals surface area contributed by atoms with Crippen LogP contribution < -0.4 is 10.6 Å². The molecule has 1 aromatic rings. The van der Waals surface area contributed by atoms with Gasteiger partial charge in [-0.1, -0.05) is 30.3 Å². The number of halogens is 1. The summed E-state index contributed by atoms with van der Waals surface area (Å²) in [6.07, 6.45) is 4.68. The van der Waals surface area contributed by atoms with Gasteiger partial charge < -0.3 is 10.6 Å². The predicted molar refractivity (Wildman–Crippen MR) is 113 cm³/mol. The van der Waals surface area contributed by atoms with Gasteiger partial charge >= 0.3 is 0 Å². The van der Waals surface area contributed by atoms with Gasteiger partial charge in [-0.25, -0.2) is 0 Å². The lowest BCUT2D eigenvalue weighted by Crippen LogP contribution is -2.45. The van der Waals surface area contributed by atoms with Crippen LogP contribution in [0, 0.1) is 0 Å². The Bertz CT molecular complexity index is 455. The molecule has 1 aliphatic rings. The molecule has 1 aromatic carbocycles. The average molecular weight is 448 g/mol. The van der Waals surface area contributed by atoms with Crippen molar-refractivity contribution in [2.45, 2.75) is 25.4 Å². The molecular formula is C17H29IN4S. The van der Waals surface area contributed by atoms with Gasteiger partial charge in [0.05, 0.1) is 0 Å². The molecule has 1 unspecified atom stereocenters. The fourth-order valence-corrected chi connectivity index (χ4v) is 3.17. The van der Waals surface area contributed by atoms with Crippen molar-refractivity contribution in [3.63, 3.8) is 0 Å². The minimum absolute atomic E-state index is 0. The summed E-state index contributed by atoms with van der Waals surface area (Å²) in [5.41, 5.74) is 1.40. The normalized spacial score (nSPS) is 18.5. The SMILES string of the molecule is CN=C(NCCSC)NCC1CCCN1Cc1ccccc1.I. The molecule has 0 radical (unpaired) electrons. The third-order valence-electron chi connectivity index (χ3n) is 4.05. The quantitative estimate of drug-likeness (QED) is 0.291. The first-order chi connectivity index (χ1) is 10.8. The second kappa shape index (κ2) is 12.0. The molecule has 1 saturated heterocycles. The number of thioether (sulfide) groups is 1. The standard InChI is InChI=1S/C17H28N4S.HI/c1-18-17(19-10-12-22-2)20-13-16-9-6-11-21(16)14-15-7-4-3-5-8-15;/h3-5,7-8,16H,6,9-14H2,1-2H3,(H2,18,19,20);1H. The zero-order chi connectivity index (χ0) is 15.6. The van der Waals surface area contributed by atoms with E-state index in [1.54, 1.807) is 0 Å². The first-order valence-electron chi connectivity index (χ1n) is 8.05. The van der Waals surface area contributed by atoms with Crippen LogP contribution in [0.15, 0.2) is 35.3 Å². The number of rotatable bonds is 7. The number of guanidine groups is 1. The Labute approximate surface area is 161 Å². The maximum Gasteiger partial charge on any atom is 0.191 e. The number of nitrogens with one attached hydrogen (secondary N) is 2. The molecule has 2 rings (SSSR count). The Morgan fingerprint density at radius 3 is 2.78 bits per heavy atom. The molecule has 1 atom stereocenters. The van der Waals surface area contributed by atoms with Crippen molar-refractivity contribution in [3.8, 4) is 0 Å². The van der Waals surface area contributed by atoms with Gasteiger partial charge in [0.2, 0.25) is 0 Å². The molecule has 2 N–H and O–H groups in total. The third kappa shape index (κ3) is 7.30. The maximum absolute atomic E-state index is 4.30. The van der Waals surface area contributed by atoms with E-state index >= 15 is 0 Å². The summed E-state index contributed by atoms with van der Waals surface area (Å²) in [5, 5.41) is 6.83. The van der Waals surface area contributed by atoms with Crippen LogP contribution in [0.5, 0.6) is 0 Å². The summed E-state index contributed by atoms with van der Waals surface area (Å²) < 4.78 is 0. The van der Waals surface area contributed by atoms with Crippen LogP contribution >= 0.6 is 35.7 Å². The molecule has 0 bridgehead atoms. The van der Waals surface area contributed by atoms with Crippen LogP contribution in [-0.4, -0.2) is 55.6 Å². The Morgan fingerprint density at radius 2 is 2.09 bits per heavy atom. The van der Waals surface area contributed by atoms with Gasteiger partial charge in [0.1, 0.15) is 0 Å². The van der Waals surface area contributed by atoms with Gasteiger partial charge in [-0.05, 0) is 31.2 Å². The fraction of sp³-hybridized carbons (Fsp3) is 0.588. The van der Waals surface area contributed by atoms with Crippen molar-refractivity contribution < 1.29 is 0 Å². The highest BCUT2D eigenvalue weighted by Crippen LogP contribution is 2.19. The van der Waals surface area contributed by atoms with Crippen LogP contribution in [0.1, 0.15) is 18.4 Å². The Kier molecular flexibility index (Phi) is 10.7. The number of benzene rings is 1. The second-order valence-electron chi connectivity index (χ2n) is 5.62. The molecule has 0 spiro atoms. The lowest BCUT2D eigenvalue weighted by Gasteiger charge is -2.25. The van der Waals surface area contributed by atoms with E-state index in [9.17, 15) is 0 Å². The van der Waals surface area contributed by atoms with Gasteiger partial charge in [-0.15, -0.1) is 24.0 Å². The Morgan fingerprint density at radius 1 is 1.30 bits per heavy atom. The number of likely N-dealkylation sites (tertiary alicyclic amines) is 1. The fourth-order valence-electron chi connectivity index (χ4n) is 2.86. The van der Waals surface area contributed by atoms with Crippen LogP contribution in [0.3, 0.4) is 0 Å². The van der Waals surface area contributed by atoms with E-state index in [1.807, 2.05) is 18.8 Å². The molecule has 0 amide bonds. The lowest BCUT2D eigenvalue weighted by molar-refractivity contribution is 0.245. The maximum atomic E-state index is 4.30. The topological polar surface area (TPSA) is 39.7 Å². The summed E-state index contributed by atoms with van der Waals surface area (Å²) in [7, 11) is 1.84. The highest BCUT2D eigenvalue weighted by Gasteiger charge is 2.24. The van der Waals surface area contributed by atoms with E-state index < -0.39 is 0 Å². The van der Waals surface area contributed by atoms with Gasteiger partial charge in [-0.2, -0.15) is 11.8 Å². The molecule has 0 aliphatic carbocycles. The summed E-state index contributed by atoms with van der Waals surface area (Å²) >= 11 is 1.85. The number of hydrogen-bond acceptors (Lipinski definition) is 3. The van der Waals surface area contributed by atoms with Gasteiger partial charge in [-0.3, -0.25) is 9.89 Å². The van der Waals surface area contributed by atoms with Gasteiger partial charge in [0.15, 0.2) is 5.96 Å². The smallest absolute Gasteiger partial charge is 0.191 e. The van der Waals surface area contributed by atoms with Crippen molar-refractivity contribution in [3.05, 3.63) is 35.9 Å². The molecular weight excluding hydrogens is 419 g/mol. The molecule has 1 heterocycles. The molecule has 1 aliphatic heterocycles. The van der Waals surface area contributed by atoms with Crippen molar-refractivity contribution in [1.29, 1.82) is 0 Å². The highest BCUT2D eigenvalue weighted by atomic mass is 127. The molecule has 4 nitrogen and oxygen atoms in total. The molecule has 0 saturated carbocycles. The first-order valence-corrected chi connectivity index (χ1v) is 9.44. The molecule has 130 valence electrons. The van der Waals surface area contributed by atoms with E-state index in [2.05, 4.69) is 57.1 Å². The van der Waals surface area contributed by atoms with Crippen molar-refractivity contribution >= 4 is 41.7 Å². The van der Waals surface area contributed by atoms with Crippen molar-refractivity contribution in [2.24, 2.45) is 4.99 Å². The van der Waals surface area contributed by atoms with E-state index in [0.717, 1.165) is 31.3 Å². The van der Waals surface area contributed by atoms with E-state index in [4.69, 9.17) is 0 Å². The second-order valence-corrected chi connectivity index (χ2v) is 6.61. The molecule has 23 heavy (non-hydrogen) atoms. The van der Waals surface area contributed by atoms with Crippen LogP contribution in [0.4, 0.5) is 0 Å². The van der Waals surface area contributed by atoms with Gasteiger partial charge in [0, 0.05) is 38.5 Å². The third-order valence-corrected chi connectivity index (χ3v) is 4.67. The minimum atomic E-state index is 0. The average Bonchev–Trinajstić information content (AvgIpc) is 2.99. The Hall–Kier alpha value is -0.470. The number of nitrogens with zero attached hydrogens (tertiary/aromatic N) is 2. The van der Waals surface area contributed by atoms with Crippen molar-refractivity contribution in [2.75, 3.05) is 38.7 Å². The predicted octanol–water partition coefficient (Wildman–Crippen LogP) is 2.80.